The van der Waals surface area contributed by atoms with Crippen molar-refractivity contribution in [2.45, 2.75) is 94.8 Å². The second kappa shape index (κ2) is 9.08. The number of urea groups is 1. The molecule has 7 rings (SSSR count). The fourth-order valence-electron chi connectivity index (χ4n) is 8.30. The zero-order valence-electron chi connectivity index (χ0n) is 21.4. The fourth-order valence-corrected chi connectivity index (χ4v) is 8.30. The van der Waals surface area contributed by atoms with Crippen LogP contribution in [-0.2, 0) is 0 Å². The van der Waals surface area contributed by atoms with E-state index in [0.717, 1.165) is 35.2 Å². The second-order valence-electron chi connectivity index (χ2n) is 11.9. The molecule has 4 unspecified atom stereocenters. The monoisotopic (exact) mass is 500 g/mol. The zero-order chi connectivity index (χ0) is 25.1. The number of fused-ring (bicyclic) bond motifs is 5. The molecule has 0 radical (unpaired) electrons. The number of aromatic nitrogens is 2. The van der Waals surface area contributed by atoms with E-state index in [1.807, 2.05) is 28.8 Å². The number of carbonyl (C=O) groups excluding carboxylic acids is 1. The molecule has 2 saturated heterocycles. The molecule has 4 fully saturated rings. The summed E-state index contributed by atoms with van der Waals surface area (Å²) in [7, 11) is 0. The van der Waals surface area contributed by atoms with Crippen molar-refractivity contribution in [3.63, 3.8) is 0 Å². The average molecular weight is 501 g/mol. The lowest BCUT2D eigenvalue weighted by molar-refractivity contribution is 0.0204. The lowest BCUT2D eigenvalue weighted by Crippen LogP contribution is -2.52. The van der Waals surface area contributed by atoms with Crippen LogP contribution in [0.15, 0.2) is 46.4 Å². The van der Waals surface area contributed by atoms with Gasteiger partial charge in [0.1, 0.15) is 0 Å². The largest absolute Gasteiger partial charge is 0.348 e. The highest BCUT2D eigenvalue weighted by Crippen LogP contribution is 2.48. The maximum atomic E-state index is 14.0. The molecule has 1 aromatic carbocycles. The zero-order valence-corrected chi connectivity index (χ0v) is 21.4. The Morgan fingerprint density at radius 2 is 1.54 bits per heavy atom. The van der Waals surface area contributed by atoms with Gasteiger partial charge in [0.15, 0.2) is 0 Å². The summed E-state index contributed by atoms with van der Waals surface area (Å²) in [6.45, 7) is 3.73. The minimum Gasteiger partial charge on any atom is -0.305 e. The van der Waals surface area contributed by atoms with E-state index >= 15 is 0 Å². The van der Waals surface area contributed by atoms with Gasteiger partial charge in [0.05, 0.1) is 22.9 Å². The van der Waals surface area contributed by atoms with Crippen LogP contribution in [0.25, 0.3) is 11.0 Å². The third kappa shape index (κ3) is 4.00. The van der Waals surface area contributed by atoms with Crippen LogP contribution >= 0.6 is 0 Å². The first-order valence-electron chi connectivity index (χ1n) is 14.2. The highest BCUT2D eigenvalue weighted by molar-refractivity contribution is 6.00. The van der Waals surface area contributed by atoms with Crippen LogP contribution < -0.4 is 15.9 Å². The first kappa shape index (κ1) is 23.1. The third-order valence-corrected chi connectivity index (χ3v) is 9.67. The standard InChI is InChI=1S/C29H36N6O2/c1-18-17-30-35(29(37)31-18)27-28(36)34(26-9-5-4-8-25(26)32-27)24-15-21-10-11-22(16-24)33(21)23-13-19-6-2-3-7-20(12-19)14-23/h4-5,8-9,17,19-24H,1-3,6-7,10-16H2,(H,31,37). The van der Waals surface area contributed by atoms with Crippen molar-refractivity contribution in [1.82, 2.24) is 19.8 Å². The lowest BCUT2D eigenvalue weighted by atomic mass is 9.76. The molecule has 0 spiro atoms. The number of rotatable bonds is 3. The van der Waals surface area contributed by atoms with Crippen molar-refractivity contribution in [2.75, 3.05) is 5.01 Å². The summed E-state index contributed by atoms with van der Waals surface area (Å²) in [6, 6.07) is 9.11. The molecule has 4 bridgehead atoms. The average Bonchev–Trinajstić information content (AvgIpc) is 3.04. The van der Waals surface area contributed by atoms with Gasteiger partial charge < -0.3 is 9.88 Å². The predicted octanol–water partition coefficient (Wildman–Crippen LogP) is 4.95. The number of hydrogen-bond acceptors (Lipinski definition) is 5. The highest BCUT2D eigenvalue weighted by Gasteiger charge is 2.47. The van der Waals surface area contributed by atoms with Gasteiger partial charge in [-0.05, 0) is 68.9 Å². The van der Waals surface area contributed by atoms with Crippen LogP contribution in [0.2, 0.25) is 0 Å². The second-order valence-corrected chi connectivity index (χ2v) is 11.9. The van der Waals surface area contributed by atoms with E-state index in [2.05, 4.69) is 26.9 Å². The van der Waals surface area contributed by atoms with Crippen molar-refractivity contribution in [1.29, 1.82) is 0 Å². The molecule has 2 saturated carbocycles. The van der Waals surface area contributed by atoms with Crippen LogP contribution in [-0.4, -0.2) is 44.8 Å². The molecule has 194 valence electrons. The molecule has 2 aromatic rings. The molecule has 3 aliphatic heterocycles. The maximum Gasteiger partial charge on any atom is 0.348 e. The van der Waals surface area contributed by atoms with Crippen molar-refractivity contribution in [3.05, 3.63) is 46.9 Å². The Hall–Kier alpha value is -3.00. The Morgan fingerprint density at radius 3 is 2.24 bits per heavy atom. The topological polar surface area (TPSA) is 82.8 Å². The lowest BCUT2D eigenvalue weighted by Gasteiger charge is -2.48. The van der Waals surface area contributed by atoms with E-state index in [4.69, 9.17) is 0 Å². The van der Waals surface area contributed by atoms with Gasteiger partial charge in [0.25, 0.3) is 5.56 Å². The minimum atomic E-state index is -0.507. The summed E-state index contributed by atoms with van der Waals surface area (Å²) in [5.74, 6) is 1.86. The Bertz CT molecular complexity index is 1310. The molecule has 4 atom stereocenters. The summed E-state index contributed by atoms with van der Waals surface area (Å²) in [6.07, 6.45) is 15.7. The molecule has 37 heavy (non-hydrogen) atoms. The number of hydrazone groups is 1. The summed E-state index contributed by atoms with van der Waals surface area (Å²) >= 11 is 0. The molecule has 4 heterocycles. The first-order valence-corrected chi connectivity index (χ1v) is 14.2. The Morgan fingerprint density at radius 1 is 0.838 bits per heavy atom. The van der Waals surface area contributed by atoms with Crippen LogP contribution in [0.5, 0.6) is 0 Å². The van der Waals surface area contributed by atoms with Crippen LogP contribution in [0.1, 0.15) is 76.7 Å². The molecule has 1 N–H and O–H groups in total. The van der Waals surface area contributed by atoms with Crippen LogP contribution in [0, 0.1) is 11.8 Å². The highest BCUT2D eigenvalue weighted by atomic mass is 16.2. The van der Waals surface area contributed by atoms with Gasteiger partial charge in [-0.15, -0.1) is 0 Å². The number of carbonyl (C=O) groups is 1. The minimum absolute atomic E-state index is 0.0473. The van der Waals surface area contributed by atoms with Crippen molar-refractivity contribution < 1.29 is 4.79 Å². The van der Waals surface area contributed by atoms with E-state index < -0.39 is 6.03 Å². The van der Waals surface area contributed by atoms with Gasteiger partial charge in [-0.3, -0.25) is 9.69 Å². The number of piperidine rings is 1. The molecule has 2 aliphatic carbocycles. The fraction of sp³-hybridized carbons (Fsp3) is 0.586. The third-order valence-electron chi connectivity index (χ3n) is 9.67. The SMILES string of the molecule is C=C1C=NN(c2nc3ccccc3n(C3CC4CCC(C3)N4C3CC4CCCCC(C4)C3)c2=O)C(=O)N1. The maximum absolute atomic E-state index is 14.0. The van der Waals surface area contributed by atoms with Gasteiger partial charge in [-0.1, -0.05) is 44.4 Å². The van der Waals surface area contributed by atoms with Crippen molar-refractivity contribution >= 4 is 29.1 Å². The number of nitrogens with zero attached hydrogens (tertiary/aromatic N) is 5. The number of hydrogen-bond donors (Lipinski definition) is 1. The van der Waals surface area contributed by atoms with Crippen LogP contribution in [0.3, 0.4) is 0 Å². The van der Waals surface area contributed by atoms with Crippen molar-refractivity contribution in [2.24, 2.45) is 16.9 Å². The molecule has 1 aromatic heterocycles. The molecule has 8 heteroatoms. The smallest absolute Gasteiger partial charge is 0.305 e. The van der Waals surface area contributed by atoms with E-state index in [9.17, 15) is 9.59 Å². The number of allylic oxidation sites excluding steroid dienone is 1. The molecular weight excluding hydrogens is 464 g/mol. The quantitative estimate of drug-likeness (QED) is 0.646. The molecule has 2 amide bonds. The summed E-state index contributed by atoms with van der Waals surface area (Å²) in [5, 5.41) is 7.89. The van der Waals surface area contributed by atoms with E-state index in [0.29, 0.717) is 29.3 Å². The van der Waals surface area contributed by atoms with E-state index in [1.165, 1.54) is 64.0 Å². The predicted molar refractivity (Wildman–Crippen MR) is 145 cm³/mol. The number of benzene rings is 1. The van der Waals surface area contributed by atoms with Crippen molar-refractivity contribution in [3.8, 4) is 0 Å². The van der Waals surface area contributed by atoms with E-state index in [1.54, 1.807) is 0 Å². The number of amides is 2. The van der Waals surface area contributed by atoms with Crippen LogP contribution in [0.4, 0.5) is 10.6 Å². The first-order chi connectivity index (χ1) is 18.0. The molecule has 5 aliphatic rings. The van der Waals surface area contributed by atoms with Gasteiger partial charge in [0, 0.05) is 24.2 Å². The summed E-state index contributed by atoms with van der Waals surface area (Å²) in [5.41, 5.74) is 1.69. The number of nitrogens with one attached hydrogen (secondary N) is 1. The number of para-hydroxylation sites is 2. The Labute approximate surface area is 217 Å². The molecule has 8 nitrogen and oxygen atoms in total. The van der Waals surface area contributed by atoms with Gasteiger partial charge >= 0.3 is 6.03 Å². The normalized spacial score (nSPS) is 34.0. The Kier molecular flexibility index (Phi) is 5.68. The van der Waals surface area contributed by atoms with Gasteiger partial charge in [-0.2, -0.15) is 10.1 Å². The Balaban J connectivity index is 1.22. The molecular formula is C29H36N6O2. The van der Waals surface area contributed by atoms with Gasteiger partial charge in [-0.25, -0.2) is 9.78 Å². The summed E-state index contributed by atoms with van der Waals surface area (Å²) < 4.78 is 1.92. The summed E-state index contributed by atoms with van der Waals surface area (Å²) in [4.78, 5) is 34.1. The number of anilines is 1. The van der Waals surface area contributed by atoms with Gasteiger partial charge in [0.2, 0.25) is 5.82 Å². The van der Waals surface area contributed by atoms with E-state index in [-0.39, 0.29) is 17.4 Å².